The van der Waals surface area contributed by atoms with Gasteiger partial charge in [-0.1, -0.05) is 17.7 Å². The highest BCUT2D eigenvalue weighted by Gasteiger charge is 2.14. The first kappa shape index (κ1) is 19.6. The molecule has 0 spiro atoms. The Labute approximate surface area is 166 Å². The molecule has 0 radical (unpaired) electrons. The third-order valence-corrected chi connectivity index (χ3v) is 4.81. The summed E-state index contributed by atoms with van der Waals surface area (Å²) in [7, 11) is 2.98. The second-order valence-corrected chi connectivity index (χ2v) is 6.79. The minimum absolute atomic E-state index is 0.226. The van der Waals surface area contributed by atoms with Gasteiger partial charge in [0.1, 0.15) is 5.75 Å². The van der Waals surface area contributed by atoms with Crippen LogP contribution in [0.2, 0.25) is 5.02 Å². The van der Waals surface area contributed by atoms with E-state index < -0.39 is 6.09 Å². The van der Waals surface area contributed by atoms with Crippen LogP contribution in [0, 0.1) is 0 Å². The first-order valence-electron chi connectivity index (χ1n) is 8.54. The van der Waals surface area contributed by atoms with Gasteiger partial charge < -0.3 is 20.1 Å². The van der Waals surface area contributed by atoms with Crippen LogP contribution in [0.1, 0.15) is 18.5 Å². The van der Waals surface area contributed by atoms with Crippen molar-refractivity contribution in [1.29, 1.82) is 0 Å². The van der Waals surface area contributed by atoms with Gasteiger partial charge in [-0.25, -0.2) is 4.79 Å². The van der Waals surface area contributed by atoms with Gasteiger partial charge in [0.25, 0.3) is 5.56 Å². The second-order valence-electron chi connectivity index (χ2n) is 6.39. The molecule has 146 valence electrons. The fourth-order valence-corrected chi connectivity index (χ4v) is 3.19. The Morgan fingerprint density at radius 3 is 2.71 bits per heavy atom. The van der Waals surface area contributed by atoms with E-state index in [0.717, 1.165) is 10.3 Å². The molecular weight excluding hydrogens is 382 g/mol. The minimum atomic E-state index is -1.05. The number of hydrogen-bond donors (Lipinski definition) is 3. The zero-order chi connectivity index (χ0) is 20.4. The molecule has 7 nitrogen and oxygen atoms in total. The number of nitrogens with one attached hydrogen (secondary N) is 2. The van der Waals surface area contributed by atoms with Crippen LogP contribution in [0.4, 0.5) is 16.2 Å². The van der Waals surface area contributed by atoms with E-state index in [1.54, 1.807) is 36.4 Å². The van der Waals surface area contributed by atoms with E-state index in [-0.39, 0.29) is 11.6 Å². The highest BCUT2D eigenvalue weighted by molar-refractivity contribution is 6.32. The lowest BCUT2D eigenvalue weighted by molar-refractivity contribution is 0.203. The molecule has 0 aliphatic heterocycles. The van der Waals surface area contributed by atoms with Crippen molar-refractivity contribution in [3.63, 3.8) is 0 Å². The Morgan fingerprint density at radius 2 is 2.04 bits per heavy atom. The molecule has 0 aliphatic rings. The summed E-state index contributed by atoms with van der Waals surface area (Å²) in [6, 6.07) is 11.9. The molecule has 28 heavy (non-hydrogen) atoms. The number of carboxylic acid groups (broad SMARTS) is 1. The molecule has 3 aromatic rings. The van der Waals surface area contributed by atoms with E-state index >= 15 is 0 Å². The number of H-pyrrole nitrogens is 1. The Hall–Kier alpha value is -3.19. The lowest BCUT2D eigenvalue weighted by atomic mass is 10.1. The molecule has 3 N–H and O–H groups in total. The van der Waals surface area contributed by atoms with Gasteiger partial charge in [-0.15, -0.1) is 0 Å². The number of halogens is 1. The molecular formula is C20H20ClN3O4. The fourth-order valence-electron chi connectivity index (χ4n) is 2.94. The lowest BCUT2D eigenvalue weighted by Crippen LogP contribution is -2.24. The number of fused-ring (bicyclic) bond motifs is 1. The van der Waals surface area contributed by atoms with E-state index in [1.165, 1.54) is 14.2 Å². The third-order valence-electron chi connectivity index (χ3n) is 4.52. The van der Waals surface area contributed by atoms with Crippen molar-refractivity contribution in [2.24, 2.45) is 0 Å². The summed E-state index contributed by atoms with van der Waals surface area (Å²) in [5.41, 5.74) is 2.16. The number of ether oxygens (including phenoxy) is 1. The van der Waals surface area contributed by atoms with Gasteiger partial charge >= 0.3 is 6.09 Å². The number of nitrogens with zero attached hydrogens (tertiary/aromatic N) is 1. The Bertz CT molecular complexity index is 1100. The second kappa shape index (κ2) is 7.82. The summed E-state index contributed by atoms with van der Waals surface area (Å²) in [5, 5.41) is 13.6. The van der Waals surface area contributed by atoms with Crippen molar-refractivity contribution < 1.29 is 14.6 Å². The monoisotopic (exact) mass is 401 g/mol. The van der Waals surface area contributed by atoms with Crippen molar-refractivity contribution >= 4 is 40.0 Å². The smallest absolute Gasteiger partial charge is 0.411 e. The Balaban J connectivity index is 1.92. The minimum Gasteiger partial charge on any atom is -0.495 e. The Morgan fingerprint density at radius 1 is 1.29 bits per heavy atom. The summed E-state index contributed by atoms with van der Waals surface area (Å²) in [5.74, 6) is 0.489. The number of carbonyl (C=O) groups is 1. The average molecular weight is 402 g/mol. The number of hydrogen-bond acceptors (Lipinski definition) is 4. The van der Waals surface area contributed by atoms with Crippen molar-refractivity contribution in [3.05, 3.63) is 63.4 Å². The fraction of sp³-hybridized carbons (Fsp3) is 0.200. The highest BCUT2D eigenvalue weighted by Crippen LogP contribution is 2.30. The first-order valence-corrected chi connectivity index (χ1v) is 8.91. The van der Waals surface area contributed by atoms with Gasteiger partial charge in [0.2, 0.25) is 0 Å². The van der Waals surface area contributed by atoms with Gasteiger partial charge in [0, 0.05) is 35.4 Å². The number of anilines is 2. The molecule has 2 aromatic carbocycles. The van der Waals surface area contributed by atoms with Crippen molar-refractivity contribution in [1.82, 2.24) is 4.98 Å². The third kappa shape index (κ3) is 3.89. The molecule has 1 aromatic heterocycles. The molecule has 3 rings (SSSR count). The summed E-state index contributed by atoms with van der Waals surface area (Å²) in [4.78, 5) is 27.7. The molecule has 0 unspecified atom stereocenters. The van der Waals surface area contributed by atoms with Crippen LogP contribution in [-0.2, 0) is 0 Å². The normalized spacial score (nSPS) is 11.9. The van der Waals surface area contributed by atoms with E-state index in [1.807, 2.05) is 13.0 Å². The molecule has 0 aliphatic carbocycles. The quantitative estimate of drug-likeness (QED) is 0.586. The van der Waals surface area contributed by atoms with Crippen LogP contribution in [0.15, 0.2) is 47.3 Å². The average Bonchev–Trinajstić information content (AvgIpc) is 2.66. The number of pyridine rings is 1. The van der Waals surface area contributed by atoms with Gasteiger partial charge in [-0.2, -0.15) is 0 Å². The molecule has 0 saturated heterocycles. The summed E-state index contributed by atoms with van der Waals surface area (Å²) >= 11 is 6.19. The van der Waals surface area contributed by atoms with E-state index in [2.05, 4.69) is 10.3 Å². The predicted molar refractivity (Wildman–Crippen MR) is 111 cm³/mol. The molecule has 0 fully saturated rings. The van der Waals surface area contributed by atoms with Crippen LogP contribution in [-0.4, -0.2) is 30.3 Å². The van der Waals surface area contributed by atoms with Gasteiger partial charge in [-0.3, -0.25) is 9.69 Å². The maximum Gasteiger partial charge on any atom is 0.411 e. The van der Waals surface area contributed by atoms with Crippen LogP contribution >= 0.6 is 11.6 Å². The number of aromatic nitrogens is 1. The summed E-state index contributed by atoms with van der Waals surface area (Å²) in [6.45, 7) is 1.86. The van der Waals surface area contributed by atoms with Crippen molar-refractivity contribution in [3.8, 4) is 5.75 Å². The van der Waals surface area contributed by atoms with Crippen molar-refractivity contribution in [2.75, 3.05) is 24.4 Å². The standard InChI is InChI=1S/C20H20ClN3O4/c1-11(22-13-5-4-6-14(9-13)24(2)20(26)27)15-7-12-8-16(21)18(28-3)10-17(12)23-19(15)25/h4-11,22H,1-3H3,(H,23,25)(H,26,27)/t11-/m0/s1. The largest absolute Gasteiger partial charge is 0.495 e. The zero-order valence-corrected chi connectivity index (χ0v) is 16.4. The van der Waals surface area contributed by atoms with E-state index in [0.29, 0.717) is 33.2 Å². The van der Waals surface area contributed by atoms with Gasteiger partial charge in [-0.05, 0) is 37.3 Å². The maximum atomic E-state index is 12.6. The zero-order valence-electron chi connectivity index (χ0n) is 15.6. The van der Waals surface area contributed by atoms with E-state index in [4.69, 9.17) is 21.4 Å². The number of amides is 1. The molecule has 0 saturated carbocycles. The molecule has 1 heterocycles. The first-order chi connectivity index (χ1) is 13.3. The van der Waals surface area contributed by atoms with Gasteiger partial charge in [0.05, 0.1) is 23.7 Å². The molecule has 1 amide bonds. The van der Waals surface area contributed by atoms with Crippen molar-refractivity contribution in [2.45, 2.75) is 13.0 Å². The number of methoxy groups -OCH3 is 1. The molecule has 8 heteroatoms. The van der Waals surface area contributed by atoms with Crippen LogP contribution in [0.25, 0.3) is 10.9 Å². The Kier molecular flexibility index (Phi) is 5.46. The van der Waals surface area contributed by atoms with Gasteiger partial charge in [0.15, 0.2) is 0 Å². The number of rotatable bonds is 5. The highest BCUT2D eigenvalue weighted by atomic mass is 35.5. The van der Waals surface area contributed by atoms with E-state index in [9.17, 15) is 9.59 Å². The van der Waals surface area contributed by atoms with Crippen LogP contribution in [0.5, 0.6) is 5.75 Å². The number of aromatic amines is 1. The molecule has 1 atom stereocenters. The maximum absolute atomic E-state index is 12.6. The number of benzene rings is 2. The topological polar surface area (TPSA) is 94.7 Å². The SMILES string of the molecule is COc1cc2[nH]c(=O)c([C@H](C)Nc3cccc(N(C)C(=O)O)c3)cc2cc1Cl. The van der Waals surface area contributed by atoms with Crippen LogP contribution < -0.4 is 20.5 Å². The van der Waals surface area contributed by atoms with Crippen LogP contribution in [0.3, 0.4) is 0 Å². The summed E-state index contributed by atoms with van der Waals surface area (Å²) in [6.07, 6.45) is -1.05. The predicted octanol–water partition coefficient (Wildman–Crippen LogP) is 4.48. The summed E-state index contributed by atoms with van der Waals surface area (Å²) < 4.78 is 5.18. The lowest BCUT2D eigenvalue weighted by Gasteiger charge is -2.18. The molecule has 0 bridgehead atoms.